The molecule has 2 aromatic rings. The molecule has 0 spiro atoms. The molecule has 0 saturated heterocycles. The van der Waals surface area contributed by atoms with Crippen molar-refractivity contribution in [2.45, 2.75) is 18.3 Å². The van der Waals surface area contributed by atoms with E-state index in [1.807, 2.05) is 0 Å². The topological polar surface area (TPSA) is 98.5 Å². The molecular weight excluding hydrogens is 395 g/mol. The van der Waals surface area contributed by atoms with Gasteiger partial charge in [-0.3, -0.25) is 19.7 Å². The normalized spacial score (nSPS) is 14.3. The molecule has 0 bridgehead atoms. The molecular formula is C18H14Cl2N2O5. The van der Waals surface area contributed by atoms with Gasteiger partial charge in [-0.1, -0.05) is 35.3 Å². The summed E-state index contributed by atoms with van der Waals surface area (Å²) >= 11 is 11.6. The van der Waals surface area contributed by atoms with Crippen LogP contribution in [0.3, 0.4) is 0 Å². The molecule has 9 heteroatoms. The Balaban J connectivity index is 1.59. The molecule has 0 aliphatic heterocycles. The van der Waals surface area contributed by atoms with Gasteiger partial charge in [-0.05, 0) is 42.7 Å². The third-order valence-electron chi connectivity index (χ3n) is 4.30. The van der Waals surface area contributed by atoms with Crippen LogP contribution < -0.4 is 5.32 Å². The fourth-order valence-corrected chi connectivity index (χ4v) is 3.01. The molecule has 1 aliphatic carbocycles. The van der Waals surface area contributed by atoms with Crippen molar-refractivity contribution in [1.29, 1.82) is 0 Å². The van der Waals surface area contributed by atoms with E-state index in [0.29, 0.717) is 17.9 Å². The van der Waals surface area contributed by atoms with Gasteiger partial charge in [0.15, 0.2) is 6.61 Å². The summed E-state index contributed by atoms with van der Waals surface area (Å²) in [5.74, 6) is -1.09. The monoisotopic (exact) mass is 408 g/mol. The number of nitro benzene ring substituents is 1. The maximum atomic E-state index is 12.4. The van der Waals surface area contributed by atoms with E-state index in [-0.39, 0.29) is 16.4 Å². The summed E-state index contributed by atoms with van der Waals surface area (Å²) in [7, 11) is 0. The highest BCUT2D eigenvalue weighted by Gasteiger charge is 2.52. The number of amides is 1. The van der Waals surface area contributed by atoms with Crippen LogP contribution in [0, 0.1) is 10.1 Å². The van der Waals surface area contributed by atoms with Gasteiger partial charge in [0.1, 0.15) is 5.02 Å². The second-order valence-electron chi connectivity index (χ2n) is 6.14. The number of hydrogen-bond acceptors (Lipinski definition) is 5. The van der Waals surface area contributed by atoms with Gasteiger partial charge < -0.3 is 10.1 Å². The van der Waals surface area contributed by atoms with Crippen LogP contribution in [0.1, 0.15) is 18.4 Å². The van der Waals surface area contributed by atoms with Crippen molar-refractivity contribution in [3.8, 4) is 0 Å². The smallest absolute Gasteiger partial charge is 0.317 e. The first-order valence-electron chi connectivity index (χ1n) is 7.99. The van der Waals surface area contributed by atoms with Crippen LogP contribution in [-0.2, 0) is 19.7 Å². The number of esters is 1. The van der Waals surface area contributed by atoms with Gasteiger partial charge >= 0.3 is 5.97 Å². The number of halogens is 2. The van der Waals surface area contributed by atoms with E-state index in [2.05, 4.69) is 5.32 Å². The Kier molecular flexibility index (Phi) is 5.34. The lowest BCUT2D eigenvalue weighted by atomic mass is 9.96. The molecule has 1 saturated carbocycles. The largest absolute Gasteiger partial charge is 0.455 e. The molecule has 1 amide bonds. The molecule has 2 aromatic carbocycles. The van der Waals surface area contributed by atoms with E-state index in [1.165, 1.54) is 12.1 Å². The Morgan fingerprint density at radius 1 is 1.15 bits per heavy atom. The van der Waals surface area contributed by atoms with Crippen molar-refractivity contribution >= 4 is 46.5 Å². The van der Waals surface area contributed by atoms with Crippen LogP contribution in [0.2, 0.25) is 10.0 Å². The number of ether oxygens (including phenoxy) is 1. The van der Waals surface area contributed by atoms with Gasteiger partial charge in [0.05, 0.1) is 10.3 Å². The first-order chi connectivity index (χ1) is 12.8. The van der Waals surface area contributed by atoms with E-state index in [4.69, 9.17) is 27.9 Å². The zero-order valence-corrected chi connectivity index (χ0v) is 15.4. The first kappa shape index (κ1) is 19.1. The van der Waals surface area contributed by atoms with Crippen molar-refractivity contribution < 1.29 is 19.2 Å². The predicted octanol–water partition coefficient (Wildman–Crippen LogP) is 4.12. The van der Waals surface area contributed by atoms with Gasteiger partial charge in [0, 0.05) is 16.8 Å². The fraction of sp³-hybridized carbons (Fsp3) is 0.222. The zero-order valence-electron chi connectivity index (χ0n) is 13.9. The molecule has 27 heavy (non-hydrogen) atoms. The quantitative estimate of drug-likeness (QED) is 0.440. The van der Waals surface area contributed by atoms with E-state index in [1.54, 1.807) is 24.3 Å². The average Bonchev–Trinajstić information content (AvgIpc) is 3.43. The van der Waals surface area contributed by atoms with Crippen molar-refractivity contribution in [1.82, 2.24) is 0 Å². The Hall–Kier alpha value is -2.64. The van der Waals surface area contributed by atoms with E-state index >= 15 is 0 Å². The van der Waals surface area contributed by atoms with Crippen LogP contribution in [0.15, 0.2) is 42.5 Å². The summed E-state index contributed by atoms with van der Waals surface area (Å²) in [6.45, 7) is -0.495. The second kappa shape index (κ2) is 7.54. The minimum atomic E-state index is -0.732. The summed E-state index contributed by atoms with van der Waals surface area (Å²) < 4.78 is 5.15. The number of nitro groups is 1. The number of carbonyl (C=O) groups is 2. The number of nitrogens with one attached hydrogen (secondary N) is 1. The van der Waals surface area contributed by atoms with Crippen LogP contribution in [0.25, 0.3) is 0 Å². The number of nitrogens with zero attached hydrogens (tertiary/aromatic N) is 1. The Morgan fingerprint density at radius 3 is 2.41 bits per heavy atom. The van der Waals surface area contributed by atoms with Gasteiger partial charge in [0.25, 0.3) is 11.6 Å². The van der Waals surface area contributed by atoms with Crippen LogP contribution in [0.4, 0.5) is 11.4 Å². The molecule has 0 unspecified atom stereocenters. The highest BCUT2D eigenvalue weighted by atomic mass is 35.5. The molecule has 7 nitrogen and oxygen atoms in total. The van der Waals surface area contributed by atoms with Crippen LogP contribution in [0.5, 0.6) is 0 Å². The van der Waals surface area contributed by atoms with Crippen molar-refractivity contribution in [2.75, 3.05) is 11.9 Å². The van der Waals surface area contributed by atoms with E-state index < -0.39 is 28.8 Å². The molecule has 1 N–H and O–H groups in total. The minimum absolute atomic E-state index is 0.0388. The maximum absolute atomic E-state index is 12.4. The summed E-state index contributed by atoms with van der Waals surface area (Å²) in [4.78, 5) is 34.6. The van der Waals surface area contributed by atoms with Gasteiger partial charge in [-0.25, -0.2) is 0 Å². The highest BCUT2D eigenvalue weighted by Crippen LogP contribution is 2.49. The second-order valence-corrected chi connectivity index (χ2v) is 6.98. The van der Waals surface area contributed by atoms with Crippen LogP contribution in [-0.4, -0.2) is 23.4 Å². The predicted molar refractivity (Wildman–Crippen MR) is 100 cm³/mol. The molecule has 0 heterocycles. The molecule has 140 valence electrons. The summed E-state index contributed by atoms with van der Waals surface area (Å²) in [6.07, 6.45) is 1.27. The van der Waals surface area contributed by atoms with Crippen LogP contribution >= 0.6 is 23.2 Å². The number of carbonyl (C=O) groups excluding carboxylic acids is 2. The lowest BCUT2D eigenvalue weighted by molar-refractivity contribution is -0.384. The van der Waals surface area contributed by atoms with Crippen molar-refractivity contribution in [3.63, 3.8) is 0 Å². The third-order valence-corrected chi connectivity index (χ3v) is 4.87. The molecule has 0 aromatic heterocycles. The SMILES string of the molecule is O=C(COC(=O)C1(c2ccc(Cl)cc2)CC1)Nc1ccc(Cl)c([N+](=O)[O-])c1. The lowest BCUT2D eigenvalue weighted by Gasteiger charge is -2.15. The standard InChI is InChI=1S/C18H14Cl2N2O5/c19-12-3-1-11(2-4-12)18(7-8-18)17(24)27-10-16(23)21-13-5-6-14(20)15(9-13)22(25)26/h1-6,9H,7-8,10H2,(H,21,23). The molecule has 1 fully saturated rings. The number of anilines is 1. The fourth-order valence-electron chi connectivity index (χ4n) is 2.70. The van der Waals surface area contributed by atoms with Gasteiger partial charge in [-0.15, -0.1) is 0 Å². The lowest BCUT2D eigenvalue weighted by Crippen LogP contribution is -2.28. The number of hydrogen-bond donors (Lipinski definition) is 1. The first-order valence-corrected chi connectivity index (χ1v) is 8.74. The molecule has 0 radical (unpaired) electrons. The highest BCUT2D eigenvalue weighted by molar-refractivity contribution is 6.32. The number of benzene rings is 2. The third kappa shape index (κ3) is 4.20. The maximum Gasteiger partial charge on any atom is 0.317 e. The minimum Gasteiger partial charge on any atom is -0.455 e. The molecule has 3 rings (SSSR count). The summed E-state index contributed by atoms with van der Waals surface area (Å²) in [5, 5.41) is 13.9. The summed E-state index contributed by atoms with van der Waals surface area (Å²) in [6, 6.07) is 10.8. The van der Waals surface area contributed by atoms with Gasteiger partial charge in [0.2, 0.25) is 0 Å². The molecule has 0 atom stereocenters. The van der Waals surface area contributed by atoms with E-state index in [0.717, 1.165) is 11.6 Å². The Labute approximate surface area is 164 Å². The van der Waals surface area contributed by atoms with E-state index in [9.17, 15) is 19.7 Å². The Bertz CT molecular complexity index is 910. The van der Waals surface area contributed by atoms with Crippen molar-refractivity contribution in [3.05, 3.63) is 68.2 Å². The van der Waals surface area contributed by atoms with Crippen molar-refractivity contribution in [2.24, 2.45) is 0 Å². The number of rotatable bonds is 6. The average molecular weight is 409 g/mol. The summed E-state index contributed by atoms with van der Waals surface area (Å²) in [5.41, 5.74) is -0.0769. The Morgan fingerprint density at radius 2 is 1.81 bits per heavy atom. The molecule has 1 aliphatic rings. The van der Waals surface area contributed by atoms with Gasteiger partial charge in [-0.2, -0.15) is 0 Å². The zero-order chi connectivity index (χ0) is 19.6.